The molecular weight excluding hydrogens is 208 g/mol. The Morgan fingerprint density at radius 2 is 2.00 bits per heavy atom. The zero-order chi connectivity index (χ0) is 11.5. The summed E-state index contributed by atoms with van der Waals surface area (Å²) < 4.78 is 9.69. The lowest BCUT2D eigenvalue weighted by atomic mass is 10.1. The number of cyclic esters (lactones) is 1. The lowest BCUT2D eigenvalue weighted by Crippen LogP contribution is -2.01. The number of ether oxygens (including phenoxy) is 2. The quantitative estimate of drug-likeness (QED) is 0.558. The van der Waals surface area contributed by atoms with Gasteiger partial charge >= 0.3 is 11.9 Å². The van der Waals surface area contributed by atoms with E-state index in [1.807, 2.05) is 0 Å². The van der Waals surface area contributed by atoms with Crippen LogP contribution in [0.4, 0.5) is 0 Å². The maximum Gasteiger partial charge on any atom is 0.331 e. The molecule has 0 saturated heterocycles. The fraction of sp³-hybridized carbons (Fsp3) is 0.167. The predicted molar refractivity (Wildman–Crippen MR) is 56.7 cm³/mol. The largest absolute Gasteiger partial charge is 0.458 e. The van der Waals surface area contributed by atoms with Gasteiger partial charge in [-0.05, 0) is 17.7 Å². The SMILES string of the molecule is CC(=O)Oc1ccc(C2=CC(=O)OC2)cc1. The topological polar surface area (TPSA) is 52.6 Å². The van der Waals surface area contributed by atoms with Gasteiger partial charge in [0.15, 0.2) is 0 Å². The molecule has 0 amide bonds. The first-order valence-corrected chi connectivity index (χ1v) is 4.81. The van der Waals surface area contributed by atoms with Gasteiger partial charge in [0, 0.05) is 18.6 Å². The van der Waals surface area contributed by atoms with Crippen LogP contribution in [0.3, 0.4) is 0 Å². The lowest BCUT2D eigenvalue weighted by Gasteiger charge is -2.03. The van der Waals surface area contributed by atoms with E-state index in [-0.39, 0.29) is 11.9 Å². The Labute approximate surface area is 92.5 Å². The second-order valence-electron chi connectivity index (χ2n) is 3.40. The van der Waals surface area contributed by atoms with E-state index >= 15 is 0 Å². The van der Waals surface area contributed by atoms with Crippen molar-refractivity contribution in [3.63, 3.8) is 0 Å². The molecule has 0 aromatic heterocycles. The van der Waals surface area contributed by atoms with Gasteiger partial charge in [0.1, 0.15) is 12.4 Å². The first-order chi connectivity index (χ1) is 7.65. The number of carbonyl (C=O) groups excluding carboxylic acids is 2. The van der Waals surface area contributed by atoms with Crippen molar-refractivity contribution in [2.24, 2.45) is 0 Å². The van der Waals surface area contributed by atoms with Crippen LogP contribution in [0.1, 0.15) is 12.5 Å². The molecule has 82 valence electrons. The molecule has 0 saturated carbocycles. The molecule has 1 aliphatic heterocycles. The van der Waals surface area contributed by atoms with Crippen molar-refractivity contribution >= 4 is 17.5 Å². The van der Waals surface area contributed by atoms with Gasteiger partial charge in [-0.25, -0.2) is 4.79 Å². The Bertz CT molecular complexity index is 456. The molecule has 0 aliphatic carbocycles. The Morgan fingerprint density at radius 3 is 2.50 bits per heavy atom. The first-order valence-electron chi connectivity index (χ1n) is 4.81. The number of hydrogen-bond acceptors (Lipinski definition) is 4. The second-order valence-corrected chi connectivity index (χ2v) is 3.40. The minimum atomic E-state index is -0.355. The summed E-state index contributed by atoms with van der Waals surface area (Å²) >= 11 is 0. The molecule has 0 spiro atoms. The molecule has 0 bridgehead atoms. The summed E-state index contributed by atoms with van der Waals surface area (Å²) in [5, 5.41) is 0. The number of esters is 2. The molecule has 0 radical (unpaired) electrons. The number of carbonyl (C=O) groups is 2. The minimum Gasteiger partial charge on any atom is -0.458 e. The molecule has 4 nitrogen and oxygen atoms in total. The van der Waals surface area contributed by atoms with Crippen LogP contribution in [0.5, 0.6) is 5.75 Å². The summed E-state index contributed by atoms with van der Waals surface area (Å²) in [6.07, 6.45) is 1.46. The predicted octanol–water partition coefficient (Wildman–Crippen LogP) is 1.55. The molecular formula is C12H10O4. The van der Waals surface area contributed by atoms with E-state index in [9.17, 15) is 9.59 Å². The van der Waals surface area contributed by atoms with Crippen LogP contribution in [0.25, 0.3) is 5.57 Å². The summed E-state index contributed by atoms with van der Waals surface area (Å²) in [4.78, 5) is 21.6. The molecule has 0 N–H and O–H groups in total. The molecule has 1 aliphatic rings. The summed E-state index contributed by atoms with van der Waals surface area (Å²) in [6.45, 7) is 1.64. The Hall–Kier alpha value is -2.10. The number of rotatable bonds is 2. The summed E-state index contributed by atoms with van der Waals surface area (Å²) in [6, 6.07) is 6.93. The molecule has 2 rings (SSSR count). The molecule has 0 unspecified atom stereocenters. The van der Waals surface area contributed by atoms with Crippen molar-refractivity contribution in [1.82, 2.24) is 0 Å². The van der Waals surface area contributed by atoms with Crippen LogP contribution in [0, 0.1) is 0 Å². The number of hydrogen-bond donors (Lipinski definition) is 0. The van der Waals surface area contributed by atoms with E-state index in [1.165, 1.54) is 13.0 Å². The molecule has 1 heterocycles. The third-order valence-corrected chi connectivity index (χ3v) is 2.15. The fourth-order valence-corrected chi connectivity index (χ4v) is 1.44. The second kappa shape index (κ2) is 4.18. The molecule has 0 atom stereocenters. The molecule has 0 fully saturated rings. The van der Waals surface area contributed by atoms with Crippen molar-refractivity contribution in [1.29, 1.82) is 0 Å². The lowest BCUT2D eigenvalue weighted by molar-refractivity contribution is -0.135. The van der Waals surface area contributed by atoms with Gasteiger partial charge in [0.25, 0.3) is 0 Å². The summed E-state index contributed by atoms with van der Waals surface area (Å²) in [5.41, 5.74) is 1.72. The van der Waals surface area contributed by atoms with Crippen molar-refractivity contribution in [2.45, 2.75) is 6.92 Å². The van der Waals surface area contributed by atoms with Crippen LogP contribution in [-0.4, -0.2) is 18.5 Å². The highest BCUT2D eigenvalue weighted by Crippen LogP contribution is 2.22. The van der Waals surface area contributed by atoms with E-state index in [4.69, 9.17) is 9.47 Å². The van der Waals surface area contributed by atoms with Crippen LogP contribution < -0.4 is 4.74 Å². The van der Waals surface area contributed by atoms with Gasteiger partial charge in [-0.15, -0.1) is 0 Å². The Balaban J connectivity index is 2.16. The molecule has 4 heteroatoms. The van der Waals surface area contributed by atoms with Crippen molar-refractivity contribution in [3.8, 4) is 5.75 Å². The van der Waals surface area contributed by atoms with Gasteiger partial charge in [0.05, 0.1) is 0 Å². The fourth-order valence-electron chi connectivity index (χ4n) is 1.44. The van der Waals surface area contributed by atoms with Crippen LogP contribution >= 0.6 is 0 Å². The standard InChI is InChI=1S/C12H10O4/c1-8(13)16-11-4-2-9(3-5-11)10-6-12(14)15-7-10/h2-6H,7H2,1H3. The van der Waals surface area contributed by atoms with E-state index in [0.717, 1.165) is 11.1 Å². The highest BCUT2D eigenvalue weighted by molar-refractivity contribution is 5.95. The summed E-state index contributed by atoms with van der Waals surface area (Å²) in [7, 11) is 0. The molecule has 16 heavy (non-hydrogen) atoms. The number of benzene rings is 1. The highest BCUT2D eigenvalue weighted by atomic mass is 16.5. The maximum absolute atomic E-state index is 10.9. The Morgan fingerprint density at radius 1 is 1.31 bits per heavy atom. The van der Waals surface area contributed by atoms with E-state index in [2.05, 4.69) is 0 Å². The Kier molecular flexibility index (Phi) is 2.72. The third kappa shape index (κ3) is 2.28. The smallest absolute Gasteiger partial charge is 0.331 e. The average Bonchev–Trinajstić information content (AvgIpc) is 2.65. The van der Waals surface area contributed by atoms with Crippen molar-refractivity contribution < 1.29 is 19.1 Å². The van der Waals surface area contributed by atoms with Crippen molar-refractivity contribution in [2.75, 3.05) is 6.61 Å². The van der Waals surface area contributed by atoms with Gasteiger partial charge < -0.3 is 9.47 Å². The first kappa shape index (κ1) is 10.4. The van der Waals surface area contributed by atoms with E-state index in [1.54, 1.807) is 24.3 Å². The van der Waals surface area contributed by atoms with Crippen LogP contribution in [0.15, 0.2) is 30.3 Å². The normalized spacial score (nSPS) is 14.3. The van der Waals surface area contributed by atoms with Gasteiger partial charge in [0.2, 0.25) is 0 Å². The van der Waals surface area contributed by atoms with E-state index < -0.39 is 0 Å². The van der Waals surface area contributed by atoms with Gasteiger partial charge in [-0.1, -0.05) is 12.1 Å². The average molecular weight is 218 g/mol. The minimum absolute atomic E-state index is 0.297. The highest BCUT2D eigenvalue weighted by Gasteiger charge is 2.14. The monoisotopic (exact) mass is 218 g/mol. The molecule has 1 aromatic carbocycles. The zero-order valence-electron chi connectivity index (χ0n) is 8.73. The van der Waals surface area contributed by atoms with Crippen LogP contribution in [-0.2, 0) is 14.3 Å². The van der Waals surface area contributed by atoms with Crippen molar-refractivity contribution in [3.05, 3.63) is 35.9 Å². The van der Waals surface area contributed by atoms with Gasteiger partial charge in [-0.3, -0.25) is 4.79 Å². The van der Waals surface area contributed by atoms with E-state index in [0.29, 0.717) is 12.4 Å². The van der Waals surface area contributed by atoms with Gasteiger partial charge in [-0.2, -0.15) is 0 Å². The summed E-state index contributed by atoms with van der Waals surface area (Å²) in [5.74, 6) is -0.188. The maximum atomic E-state index is 10.9. The molecule has 1 aromatic rings. The zero-order valence-corrected chi connectivity index (χ0v) is 8.73. The van der Waals surface area contributed by atoms with Crippen LogP contribution in [0.2, 0.25) is 0 Å². The third-order valence-electron chi connectivity index (χ3n) is 2.15.